The molecule has 5 heteroatoms. The van der Waals surface area contributed by atoms with Crippen LogP contribution in [-0.2, 0) is 14.3 Å². The number of para-hydroxylation sites is 2. The Balaban J connectivity index is 2.67. The molecule has 0 aliphatic rings. The summed E-state index contributed by atoms with van der Waals surface area (Å²) in [7, 11) is 3.77. The SMILES string of the molecule is CCOC(=O)CC(=O)Nc1ccccc1N(C)C. The van der Waals surface area contributed by atoms with Crippen molar-refractivity contribution in [2.75, 3.05) is 30.9 Å². The van der Waals surface area contributed by atoms with Crippen molar-refractivity contribution >= 4 is 23.3 Å². The van der Waals surface area contributed by atoms with Gasteiger partial charge in [-0.15, -0.1) is 0 Å². The number of ether oxygens (including phenoxy) is 1. The van der Waals surface area contributed by atoms with E-state index in [1.165, 1.54) is 0 Å². The number of carbonyl (C=O) groups is 2. The fourth-order valence-corrected chi connectivity index (χ4v) is 1.51. The first-order valence-electron chi connectivity index (χ1n) is 5.76. The molecule has 0 fully saturated rings. The highest BCUT2D eigenvalue weighted by Gasteiger charge is 2.12. The van der Waals surface area contributed by atoms with Crippen molar-refractivity contribution < 1.29 is 14.3 Å². The highest BCUT2D eigenvalue weighted by atomic mass is 16.5. The van der Waals surface area contributed by atoms with Gasteiger partial charge in [-0.1, -0.05) is 12.1 Å². The molecule has 1 N–H and O–H groups in total. The summed E-state index contributed by atoms with van der Waals surface area (Å²) in [5, 5.41) is 2.70. The molecular weight excluding hydrogens is 232 g/mol. The van der Waals surface area contributed by atoms with Crippen molar-refractivity contribution in [3.63, 3.8) is 0 Å². The predicted octanol–water partition coefficient (Wildman–Crippen LogP) is 1.64. The number of nitrogens with one attached hydrogen (secondary N) is 1. The molecule has 0 saturated carbocycles. The minimum atomic E-state index is -0.516. The van der Waals surface area contributed by atoms with Crippen LogP contribution < -0.4 is 10.2 Å². The lowest BCUT2D eigenvalue weighted by molar-refractivity contribution is -0.145. The van der Waals surface area contributed by atoms with Gasteiger partial charge < -0.3 is 15.0 Å². The van der Waals surface area contributed by atoms with Crippen molar-refractivity contribution in [1.82, 2.24) is 0 Å². The number of esters is 1. The third kappa shape index (κ3) is 4.08. The number of amides is 1. The zero-order valence-corrected chi connectivity index (χ0v) is 10.9. The van der Waals surface area contributed by atoms with Crippen molar-refractivity contribution in [3.8, 4) is 0 Å². The van der Waals surface area contributed by atoms with Crippen LogP contribution in [0, 0.1) is 0 Å². The van der Waals surface area contributed by atoms with Gasteiger partial charge in [-0.25, -0.2) is 0 Å². The van der Waals surface area contributed by atoms with Crippen LogP contribution in [0.25, 0.3) is 0 Å². The number of carbonyl (C=O) groups excluding carboxylic acids is 2. The Morgan fingerprint density at radius 2 is 1.94 bits per heavy atom. The molecule has 0 aliphatic carbocycles. The summed E-state index contributed by atoms with van der Waals surface area (Å²) in [4.78, 5) is 24.7. The van der Waals surface area contributed by atoms with E-state index in [9.17, 15) is 9.59 Å². The van der Waals surface area contributed by atoms with Crippen molar-refractivity contribution in [3.05, 3.63) is 24.3 Å². The van der Waals surface area contributed by atoms with Crippen LogP contribution in [0.5, 0.6) is 0 Å². The average Bonchev–Trinajstić information content (AvgIpc) is 2.29. The molecule has 0 atom stereocenters. The summed E-state index contributed by atoms with van der Waals surface area (Å²) in [6, 6.07) is 7.39. The van der Waals surface area contributed by atoms with Gasteiger partial charge in [-0.2, -0.15) is 0 Å². The van der Waals surface area contributed by atoms with Gasteiger partial charge in [0.1, 0.15) is 6.42 Å². The average molecular weight is 250 g/mol. The standard InChI is InChI=1S/C13H18N2O3/c1-4-18-13(17)9-12(16)14-10-7-5-6-8-11(10)15(2)3/h5-8H,4,9H2,1-3H3,(H,14,16). The largest absolute Gasteiger partial charge is 0.466 e. The molecule has 1 aromatic rings. The Morgan fingerprint density at radius 1 is 1.28 bits per heavy atom. The zero-order chi connectivity index (χ0) is 13.5. The summed E-state index contributed by atoms with van der Waals surface area (Å²) in [5.41, 5.74) is 1.56. The Labute approximate surface area is 107 Å². The maximum absolute atomic E-state index is 11.6. The van der Waals surface area contributed by atoms with Crippen molar-refractivity contribution in [2.45, 2.75) is 13.3 Å². The molecule has 0 heterocycles. The number of nitrogens with zero attached hydrogens (tertiary/aromatic N) is 1. The lowest BCUT2D eigenvalue weighted by Crippen LogP contribution is -2.20. The van der Waals surface area contributed by atoms with Gasteiger partial charge >= 0.3 is 5.97 Å². The first kappa shape index (κ1) is 14.0. The maximum atomic E-state index is 11.6. The van der Waals surface area contributed by atoms with E-state index >= 15 is 0 Å². The highest BCUT2D eigenvalue weighted by Crippen LogP contribution is 2.23. The first-order valence-corrected chi connectivity index (χ1v) is 5.76. The molecule has 0 aromatic heterocycles. The second-order valence-corrected chi connectivity index (χ2v) is 3.94. The van der Waals surface area contributed by atoms with Crippen molar-refractivity contribution in [1.29, 1.82) is 0 Å². The molecule has 0 aliphatic heterocycles. The lowest BCUT2D eigenvalue weighted by Gasteiger charge is -2.17. The van der Waals surface area contributed by atoms with Crippen LogP contribution in [0.2, 0.25) is 0 Å². The smallest absolute Gasteiger partial charge is 0.315 e. The number of benzene rings is 1. The monoisotopic (exact) mass is 250 g/mol. The molecule has 0 unspecified atom stereocenters. The zero-order valence-electron chi connectivity index (χ0n) is 10.9. The Bertz CT molecular complexity index is 430. The van der Waals surface area contributed by atoms with Crippen LogP contribution in [0.15, 0.2) is 24.3 Å². The molecule has 0 spiro atoms. The van der Waals surface area contributed by atoms with Crippen LogP contribution in [-0.4, -0.2) is 32.6 Å². The van der Waals surface area contributed by atoms with E-state index in [-0.39, 0.29) is 18.9 Å². The highest BCUT2D eigenvalue weighted by molar-refractivity contribution is 6.03. The van der Waals surface area contributed by atoms with Crippen molar-refractivity contribution in [2.24, 2.45) is 0 Å². The van der Waals surface area contributed by atoms with Crippen LogP contribution in [0.1, 0.15) is 13.3 Å². The molecule has 1 amide bonds. The van der Waals surface area contributed by atoms with Gasteiger partial charge in [-0.3, -0.25) is 9.59 Å². The van der Waals surface area contributed by atoms with Crippen LogP contribution in [0.4, 0.5) is 11.4 Å². The summed E-state index contributed by atoms with van der Waals surface area (Å²) in [6.45, 7) is 1.98. The molecule has 0 radical (unpaired) electrons. The lowest BCUT2D eigenvalue weighted by atomic mass is 10.2. The summed E-state index contributed by atoms with van der Waals surface area (Å²) in [6.07, 6.45) is -0.268. The number of hydrogen-bond acceptors (Lipinski definition) is 4. The maximum Gasteiger partial charge on any atom is 0.315 e. The summed E-state index contributed by atoms with van der Waals surface area (Å²) < 4.78 is 4.72. The normalized spacial score (nSPS) is 9.72. The Morgan fingerprint density at radius 3 is 2.56 bits per heavy atom. The minimum absolute atomic E-state index is 0.268. The van der Waals surface area contributed by atoms with E-state index < -0.39 is 5.97 Å². The molecular formula is C13H18N2O3. The van der Waals surface area contributed by atoms with E-state index in [4.69, 9.17) is 4.74 Å². The second kappa shape index (κ2) is 6.64. The van der Waals surface area contributed by atoms with Crippen LogP contribution in [0.3, 0.4) is 0 Å². The van der Waals surface area contributed by atoms with Gasteiger partial charge in [0.05, 0.1) is 18.0 Å². The van der Waals surface area contributed by atoms with Crippen LogP contribution >= 0.6 is 0 Å². The van der Waals surface area contributed by atoms with E-state index in [0.29, 0.717) is 5.69 Å². The molecule has 18 heavy (non-hydrogen) atoms. The topological polar surface area (TPSA) is 58.6 Å². The molecule has 0 bridgehead atoms. The second-order valence-electron chi connectivity index (χ2n) is 3.94. The third-order valence-corrected chi connectivity index (χ3v) is 2.27. The summed E-state index contributed by atoms with van der Waals surface area (Å²) in [5.74, 6) is -0.889. The molecule has 1 rings (SSSR count). The quantitative estimate of drug-likeness (QED) is 0.637. The Kier molecular flexibility index (Phi) is 5.17. The van der Waals surface area contributed by atoms with Gasteiger partial charge in [0.15, 0.2) is 0 Å². The third-order valence-electron chi connectivity index (χ3n) is 2.27. The van der Waals surface area contributed by atoms with Gasteiger partial charge in [0, 0.05) is 14.1 Å². The summed E-state index contributed by atoms with van der Waals surface area (Å²) >= 11 is 0. The van der Waals surface area contributed by atoms with Gasteiger partial charge in [0.2, 0.25) is 5.91 Å². The molecule has 1 aromatic carbocycles. The number of hydrogen-bond donors (Lipinski definition) is 1. The molecule has 0 saturated heterocycles. The van der Waals surface area contributed by atoms with E-state index in [2.05, 4.69) is 5.32 Å². The first-order chi connectivity index (χ1) is 8.54. The van der Waals surface area contributed by atoms with E-state index in [1.807, 2.05) is 37.2 Å². The Hall–Kier alpha value is -2.04. The number of rotatable bonds is 5. The minimum Gasteiger partial charge on any atom is -0.466 e. The predicted molar refractivity (Wildman–Crippen MR) is 70.6 cm³/mol. The van der Waals surface area contributed by atoms with E-state index in [1.54, 1.807) is 13.0 Å². The fraction of sp³-hybridized carbons (Fsp3) is 0.385. The number of anilines is 2. The fourth-order valence-electron chi connectivity index (χ4n) is 1.51. The van der Waals surface area contributed by atoms with E-state index in [0.717, 1.165) is 5.69 Å². The molecule has 5 nitrogen and oxygen atoms in total. The molecule has 98 valence electrons. The van der Waals surface area contributed by atoms with Gasteiger partial charge in [-0.05, 0) is 19.1 Å². The van der Waals surface area contributed by atoms with Gasteiger partial charge in [0.25, 0.3) is 0 Å².